The molecule has 3 nitrogen and oxygen atoms in total. The van der Waals surface area contributed by atoms with Gasteiger partial charge in [-0.05, 0) is 43.2 Å². The lowest BCUT2D eigenvalue weighted by Crippen LogP contribution is -2.24. The summed E-state index contributed by atoms with van der Waals surface area (Å²) < 4.78 is 7.80. The predicted molar refractivity (Wildman–Crippen MR) is 87.1 cm³/mol. The van der Waals surface area contributed by atoms with Crippen molar-refractivity contribution >= 4 is 22.6 Å². The highest BCUT2D eigenvalue weighted by atomic mass is 35.5. The zero-order chi connectivity index (χ0) is 15.0. The molecule has 4 heteroatoms. The van der Waals surface area contributed by atoms with E-state index in [0.29, 0.717) is 11.9 Å². The van der Waals surface area contributed by atoms with Crippen molar-refractivity contribution in [1.29, 1.82) is 0 Å². The minimum atomic E-state index is 0.443. The molecule has 1 heterocycles. The fraction of sp³-hybridized carbons (Fsp3) is 0.588. The van der Waals surface area contributed by atoms with Crippen molar-refractivity contribution in [3.05, 3.63) is 24.0 Å². The fourth-order valence-electron chi connectivity index (χ4n) is 3.56. The lowest BCUT2D eigenvalue weighted by molar-refractivity contribution is 0.211. The van der Waals surface area contributed by atoms with E-state index < -0.39 is 0 Å². The Balaban J connectivity index is 2.08. The van der Waals surface area contributed by atoms with Crippen molar-refractivity contribution < 1.29 is 4.74 Å². The van der Waals surface area contributed by atoms with Crippen molar-refractivity contribution in [1.82, 2.24) is 9.55 Å². The van der Waals surface area contributed by atoms with E-state index in [9.17, 15) is 0 Å². The summed E-state index contributed by atoms with van der Waals surface area (Å²) in [6, 6.07) is 6.63. The highest BCUT2D eigenvalue weighted by Crippen LogP contribution is 2.39. The van der Waals surface area contributed by atoms with Crippen LogP contribution in [0.15, 0.2) is 18.2 Å². The molecule has 0 N–H and O–H groups in total. The van der Waals surface area contributed by atoms with Crippen LogP contribution < -0.4 is 4.74 Å². The number of fused-ring (bicyclic) bond motifs is 1. The molecule has 0 aliphatic heterocycles. The summed E-state index contributed by atoms with van der Waals surface area (Å²) in [5, 5.41) is 0. The van der Waals surface area contributed by atoms with Gasteiger partial charge in [0.2, 0.25) is 0 Å². The van der Waals surface area contributed by atoms with Crippen molar-refractivity contribution in [2.24, 2.45) is 11.8 Å². The third-order valence-electron chi connectivity index (χ3n) is 5.03. The van der Waals surface area contributed by atoms with Gasteiger partial charge in [-0.1, -0.05) is 19.9 Å². The molecule has 0 amide bonds. The SMILES string of the molecule is COc1cccc2c1nc(CCl)n2C1CCC(C)C(C)C1. The van der Waals surface area contributed by atoms with E-state index in [1.807, 2.05) is 12.1 Å². The number of rotatable bonds is 3. The predicted octanol–water partition coefficient (Wildman–Crippen LogP) is 4.78. The molecule has 1 aromatic heterocycles. The largest absolute Gasteiger partial charge is 0.494 e. The zero-order valence-electron chi connectivity index (χ0n) is 13.0. The van der Waals surface area contributed by atoms with Crippen molar-refractivity contribution in [3.8, 4) is 5.75 Å². The molecule has 2 aromatic rings. The van der Waals surface area contributed by atoms with Crippen LogP contribution in [0.2, 0.25) is 0 Å². The minimum absolute atomic E-state index is 0.443. The van der Waals surface area contributed by atoms with Crippen molar-refractivity contribution in [2.45, 2.75) is 45.0 Å². The molecular weight excluding hydrogens is 284 g/mol. The van der Waals surface area contributed by atoms with Gasteiger partial charge in [-0.2, -0.15) is 0 Å². The van der Waals surface area contributed by atoms with Crippen LogP contribution in [0.1, 0.15) is 45.0 Å². The molecule has 3 unspecified atom stereocenters. The van der Waals surface area contributed by atoms with Gasteiger partial charge in [0.05, 0.1) is 18.5 Å². The van der Waals surface area contributed by atoms with Gasteiger partial charge in [0.1, 0.15) is 17.1 Å². The van der Waals surface area contributed by atoms with E-state index in [1.165, 1.54) is 19.3 Å². The number of ether oxygens (including phenoxy) is 1. The zero-order valence-corrected chi connectivity index (χ0v) is 13.7. The molecule has 3 atom stereocenters. The standard InChI is InChI=1S/C17H23ClN2O/c1-11-7-8-13(9-12(11)2)20-14-5-4-6-15(21-3)17(14)19-16(20)10-18/h4-6,11-13H,7-10H2,1-3H3. The Bertz CT molecular complexity index is 637. The van der Waals surface area contributed by atoms with Crippen LogP contribution in [-0.4, -0.2) is 16.7 Å². The van der Waals surface area contributed by atoms with Gasteiger partial charge in [0, 0.05) is 6.04 Å². The fourth-order valence-corrected chi connectivity index (χ4v) is 3.75. The molecule has 114 valence electrons. The smallest absolute Gasteiger partial charge is 0.146 e. The maximum absolute atomic E-state index is 6.16. The third-order valence-corrected chi connectivity index (χ3v) is 5.27. The van der Waals surface area contributed by atoms with Gasteiger partial charge in [-0.15, -0.1) is 11.6 Å². The van der Waals surface area contributed by atoms with Gasteiger partial charge in [-0.3, -0.25) is 0 Å². The number of hydrogen-bond acceptors (Lipinski definition) is 2. The minimum Gasteiger partial charge on any atom is -0.494 e. The van der Waals surface area contributed by atoms with Crippen LogP contribution in [0.4, 0.5) is 0 Å². The quantitative estimate of drug-likeness (QED) is 0.763. The van der Waals surface area contributed by atoms with Crippen LogP contribution in [0.3, 0.4) is 0 Å². The summed E-state index contributed by atoms with van der Waals surface area (Å²) >= 11 is 6.16. The van der Waals surface area contributed by atoms with Crippen LogP contribution >= 0.6 is 11.6 Å². The van der Waals surface area contributed by atoms with E-state index in [4.69, 9.17) is 21.3 Å². The summed E-state index contributed by atoms with van der Waals surface area (Å²) in [6.07, 6.45) is 3.68. The second-order valence-corrected chi connectivity index (χ2v) is 6.55. The van der Waals surface area contributed by atoms with Crippen LogP contribution in [0.25, 0.3) is 11.0 Å². The molecule has 1 saturated carbocycles. The van der Waals surface area contributed by atoms with Gasteiger partial charge in [0.25, 0.3) is 0 Å². The Morgan fingerprint density at radius 1 is 1.29 bits per heavy atom. The number of hydrogen-bond donors (Lipinski definition) is 0. The van der Waals surface area contributed by atoms with E-state index in [2.05, 4.69) is 24.5 Å². The van der Waals surface area contributed by atoms with Gasteiger partial charge in [0.15, 0.2) is 0 Å². The lowest BCUT2D eigenvalue weighted by atomic mass is 9.79. The van der Waals surface area contributed by atoms with Crippen LogP contribution in [0.5, 0.6) is 5.75 Å². The van der Waals surface area contributed by atoms with Gasteiger partial charge < -0.3 is 9.30 Å². The van der Waals surface area contributed by atoms with E-state index in [0.717, 1.165) is 34.4 Å². The molecule has 0 radical (unpaired) electrons. The van der Waals surface area contributed by atoms with Crippen LogP contribution in [-0.2, 0) is 5.88 Å². The second kappa shape index (κ2) is 5.88. The molecule has 1 aromatic carbocycles. The van der Waals surface area contributed by atoms with Crippen molar-refractivity contribution in [2.75, 3.05) is 7.11 Å². The summed E-state index contributed by atoms with van der Waals surface area (Å²) in [5.74, 6) is 3.79. The first kappa shape index (κ1) is 14.7. The summed E-state index contributed by atoms with van der Waals surface area (Å²) in [4.78, 5) is 4.73. The number of halogens is 1. The molecular formula is C17H23ClN2O. The van der Waals surface area contributed by atoms with E-state index in [1.54, 1.807) is 7.11 Å². The molecule has 0 bridgehead atoms. The molecule has 1 aliphatic carbocycles. The number of methoxy groups -OCH3 is 1. The van der Waals surface area contributed by atoms with Gasteiger partial charge >= 0.3 is 0 Å². The van der Waals surface area contributed by atoms with E-state index >= 15 is 0 Å². The average molecular weight is 307 g/mol. The second-order valence-electron chi connectivity index (χ2n) is 6.28. The molecule has 1 fully saturated rings. The number of aromatic nitrogens is 2. The monoisotopic (exact) mass is 306 g/mol. The van der Waals surface area contributed by atoms with Gasteiger partial charge in [-0.25, -0.2) is 4.98 Å². The number of imidazole rings is 1. The average Bonchev–Trinajstić information content (AvgIpc) is 2.88. The van der Waals surface area contributed by atoms with Crippen LogP contribution in [0, 0.1) is 11.8 Å². The summed E-state index contributed by atoms with van der Waals surface area (Å²) in [5.41, 5.74) is 2.08. The van der Waals surface area contributed by atoms with E-state index in [-0.39, 0.29) is 0 Å². The Morgan fingerprint density at radius 2 is 2.10 bits per heavy atom. The lowest BCUT2D eigenvalue weighted by Gasteiger charge is -2.33. The number of para-hydroxylation sites is 1. The Kier molecular flexibility index (Phi) is 4.12. The first-order valence-corrected chi connectivity index (χ1v) is 8.29. The maximum Gasteiger partial charge on any atom is 0.146 e. The highest BCUT2D eigenvalue weighted by Gasteiger charge is 2.28. The Morgan fingerprint density at radius 3 is 2.76 bits per heavy atom. The maximum atomic E-state index is 6.16. The molecule has 0 spiro atoms. The molecule has 3 rings (SSSR count). The Labute approximate surface area is 131 Å². The molecule has 1 aliphatic rings. The third kappa shape index (κ3) is 2.52. The molecule has 0 saturated heterocycles. The topological polar surface area (TPSA) is 27.1 Å². The number of nitrogens with zero attached hydrogens (tertiary/aromatic N) is 2. The Hall–Kier alpha value is -1.22. The first-order valence-electron chi connectivity index (χ1n) is 7.75. The van der Waals surface area contributed by atoms with Crippen molar-refractivity contribution in [3.63, 3.8) is 0 Å². The summed E-state index contributed by atoms with van der Waals surface area (Å²) in [7, 11) is 1.69. The highest BCUT2D eigenvalue weighted by molar-refractivity contribution is 6.16. The normalized spacial score (nSPS) is 26.2. The first-order chi connectivity index (χ1) is 10.2. The number of alkyl halides is 1. The molecule has 21 heavy (non-hydrogen) atoms. The summed E-state index contributed by atoms with van der Waals surface area (Å²) in [6.45, 7) is 4.72. The number of benzene rings is 1.